The maximum Gasteiger partial charge on any atom is 0.115 e. The van der Waals surface area contributed by atoms with Crippen molar-refractivity contribution in [3.8, 4) is 23.1 Å². The Kier molecular flexibility index (Phi) is 4.54. The van der Waals surface area contributed by atoms with E-state index in [2.05, 4.69) is 27.3 Å². The summed E-state index contributed by atoms with van der Waals surface area (Å²) in [4.78, 5) is 4.59. The van der Waals surface area contributed by atoms with Crippen molar-refractivity contribution in [1.29, 1.82) is 5.26 Å². The molecule has 24 heavy (non-hydrogen) atoms. The molecule has 1 radical (unpaired) electrons. The third-order valence-electron chi connectivity index (χ3n) is 3.51. The summed E-state index contributed by atoms with van der Waals surface area (Å²) in [7, 11) is 0. The van der Waals surface area contributed by atoms with Crippen LogP contribution in [-0.2, 0) is 20.1 Å². The fourth-order valence-electron chi connectivity index (χ4n) is 2.53. The van der Waals surface area contributed by atoms with Crippen molar-refractivity contribution in [3.05, 3.63) is 59.4 Å². The van der Waals surface area contributed by atoms with Crippen LogP contribution in [-0.4, -0.2) is 19.7 Å². The van der Waals surface area contributed by atoms with Crippen molar-refractivity contribution in [2.45, 2.75) is 6.92 Å². The van der Waals surface area contributed by atoms with Crippen molar-refractivity contribution in [3.63, 3.8) is 0 Å². The zero-order valence-corrected chi connectivity index (χ0v) is 15.7. The Hall–Kier alpha value is -2.39. The van der Waals surface area contributed by atoms with E-state index in [1.807, 2.05) is 37.3 Å². The minimum atomic E-state index is 0. The molecule has 0 aliphatic heterocycles. The van der Waals surface area contributed by atoms with E-state index in [1.54, 1.807) is 28.3 Å². The van der Waals surface area contributed by atoms with E-state index in [1.165, 1.54) is 0 Å². The van der Waals surface area contributed by atoms with Crippen molar-refractivity contribution >= 4 is 21.6 Å². The molecule has 0 atom stereocenters. The molecule has 0 bridgehead atoms. The zero-order valence-electron chi connectivity index (χ0n) is 12.5. The molecule has 0 fully saturated rings. The Labute approximate surface area is 156 Å². The van der Waals surface area contributed by atoms with Crippen molar-refractivity contribution < 1.29 is 20.1 Å². The molecule has 0 saturated heterocycles. The molecule has 0 N–H and O–H groups in total. The second-order valence-electron chi connectivity index (χ2n) is 4.95. The third-order valence-corrected chi connectivity index (χ3v) is 4.45. The SMILES string of the molecule is Cc1nc2c(-c3nncn3-c3ccccc3C#N)[c-]ccc2s1.[Ir]. The van der Waals surface area contributed by atoms with Gasteiger partial charge in [-0.15, -0.1) is 34.6 Å². The molecule has 4 rings (SSSR count). The summed E-state index contributed by atoms with van der Waals surface area (Å²) >= 11 is 1.63. The van der Waals surface area contributed by atoms with Crippen LogP contribution in [0.1, 0.15) is 10.6 Å². The molecule has 0 amide bonds. The van der Waals surface area contributed by atoms with E-state index < -0.39 is 0 Å². The second kappa shape index (κ2) is 6.62. The van der Waals surface area contributed by atoms with Gasteiger partial charge in [0, 0.05) is 25.6 Å². The second-order valence-corrected chi connectivity index (χ2v) is 6.19. The number of para-hydroxylation sites is 1. The van der Waals surface area contributed by atoms with E-state index in [0.717, 1.165) is 26.5 Å². The number of fused-ring (bicyclic) bond motifs is 1. The molecule has 2 aromatic heterocycles. The molecule has 0 saturated carbocycles. The Bertz CT molecular complexity index is 1060. The maximum atomic E-state index is 9.33. The number of aryl methyl sites for hydroxylation is 1. The monoisotopic (exact) mass is 509 g/mol. The summed E-state index contributed by atoms with van der Waals surface area (Å²) in [5, 5.41) is 18.6. The van der Waals surface area contributed by atoms with Crippen LogP contribution in [0.25, 0.3) is 27.3 Å². The van der Waals surface area contributed by atoms with E-state index >= 15 is 0 Å². The average molecular weight is 509 g/mol. The molecule has 0 spiro atoms. The normalized spacial score (nSPS) is 10.3. The molecule has 7 heteroatoms. The summed E-state index contributed by atoms with van der Waals surface area (Å²) in [6.45, 7) is 1.98. The van der Waals surface area contributed by atoms with Gasteiger partial charge >= 0.3 is 0 Å². The quantitative estimate of drug-likeness (QED) is 0.389. The number of nitrogens with zero attached hydrogens (tertiary/aromatic N) is 5. The van der Waals surface area contributed by atoms with Crippen LogP contribution < -0.4 is 0 Å². The van der Waals surface area contributed by atoms with Gasteiger partial charge in [-0.1, -0.05) is 17.7 Å². The first-order valence-corrected chi connectivity index (χ1v) is 7.77. The predicted molar refractivity (Wildman–Crippen MR) is 88.3 cm³/mol. The van der Waals surface area contributed by atoms with Crippen LogP contribution in [0.4, 0.5) is 0 Å². The third kappa shape index (κ3) is 2.65. The fraction of sp³-hybridized carbons (Fsp3) is 0.0588. The number of hydrogen-bond acceptors (Lipinski definition) is 5. The molecule has 0 aliphatic rings. The molecular formula is C17H10IrN5S-. The van der Waals surface area contributed by atoms with Gasteiger partial charge in [-0.05, 0) is 23.8 Å². The summed E-state index contributed by atoms with van der Waals surface area (Å²) in [6, 6.07) is 16.6. The largest absolute Gasteiger partial charge is 0.321 e. The molecular weight excluding hydrogens is 499 g/mol. The molecule has 119 valence electrons. The summed E-state index contributed by atoms with van der Waals surface area (Å²) in [5.41, 5.74) is 2.96. The summed E-state index contributed by atoms with van der Waals surface area (Å²) in [5.74, 6) is 0.628. The van der Waals surface area contributed by atoms with Crippen molar-refractivity contribution in [2.24, 2.45) is 0 Å². The topological polar surface area (TPSA) is 67.4 Å². The van der Waals surface area contributed by atoms with Gasteiger partial charge in [0.25, 0.3) is 0 Å². The Balaban J connectivity index is 0.00000169. The van der Waals surface area contributed by atoms with Crippen molar-refractivity contribution in [1.82, 2.24) is 19.7 Å². The first-order valence-electron chi connectivity index (χ1n) is 6.95. The van der Waals surface area contributed by atoms with Gasteiger partial charge in [0.05, 0.1) is 22.1 Å². The summed E-state index contributed by atoms with van der Waals surface area (Å²) in [6.07, 6.45) is 1.61. The number of thiazole rings is 1. The molecule has 0 aliphatic carbocycles. The van der Waals surface area contributed by atoms with E-state index in [-0.39, 0.29) is 20.1 Å². The Morgan fingerprint density at radius 2 is 2.08 bits per heavy atom. The first kappa shape index (κ1) is 16.5. The Morgan fingerprint density at radius 1 is 1.25 bits per heavy atom. The molecule has 2 aromatic carbocycles. The summed E-state index contributed by atoms with van der Waals surface area (Å²) < 4.78 is 2.89. The Morgan fingerprint density at radius 3 is 2.92 bits per heavy atom. The smallest absolute Gasteiger partial charge is 0.115 e. The van der Waals surface area contributed by atoms with Crippen LogP contribution in [0.3, 0.4) is 0 Å². The van der Waals surface area contributed by atoms with E-state index in [9.17, 15) is 5.26 Å². The number of benzene rings is 2. The van der Waals surface area contributed by atoms with Gasteiger partial charge in [0.15, 0.2) is 0 Å². The van der Waals surface area contributed by atoms with Crippen LogP contribution >= 0.6 is 11.3 Å². The predicted octanol–water partition coefficient (Wildman–Crippen LogP) is 3.52. The van der Waals surface area contributed by atoms with Crippen LogP contribution in [0, 0.1) is 24.3 Å². The molecule has 5 nitrogen and oxygen atoms in total. The van der Waals surface area contributed by atoms with Gasteiger partial charge < -0.3 is 4.57 Å². The molecule has 4 aromatic rings. The standard InChI is InChI=1S/C17H10N5S.Ir/c1-11-20-16-13(6-4-8-15(16)23-11)17-21-19-10-22(17)14-7-3-2-5-12(14)9-18;/h2-5,7-8,10H,1H3;/q-1;. The number of rotatable bonds is 2. The van der Waals surface area contributed by atoms with Crippen molar-refractivity contribution in [2.75, 3.05) is 0 Å². The van der Waals surface area contributed by atoms with Gasteiger partial charge in [0.2, 0.25) is 0 Å². The van der Waals surface area contributed by atoms with Gasteiger partial charge in [-0.2, -0.15) is 10.4 Å². The van der Waals surface area contributed by atoms with Gasteiger partial charge in [-0.25, -0.2) is 0 Å². The zero-order chi connectivity index (χ0) is 15.8. The number of aromatic nitrogens is 4. The van der Waals surface area contributed by atoms with E-state index in [0.29, 0.717) is 11.4 Å². The van der Waals surface area contributed by atoms with Gasteiger partial charge in [-0.3, -0.25) is 4.98 Å². The van der Waals surface area contributed by atoms with Gasteiger partial charge in [0.1, 0.15) is 12.4 Å². The molecule has 2 heterocycles. The van der Waals surface area contributed by atoms with Crippen LogP contribution in [0.5, 0.6) is 0 Å². The van der Waals surface area contributed by atoms with Crippen LogP contribution in [0.15, 0.2) is 42.7 Å². The minimum Gasteiger partial charge on any atom is -0.321 e. The first-order chi connectivity index (χ1) is 11.3. The minimum absolute atomic E-state index is 0. The van der Waals surface area contributed by atoms with E-state index in [4.69, 9.17) is 0 Å². The van der Waals surface area contributed by atoms with Crippen LogP contribution in [0.2, 0.25) is 0 Å². The number of nitriles is 1. The molecule has 0 unspecified atom stereocenters. The maximum absolute atomic E-state index is 9.33. The fourth-order valence-corrected chi connectivity index (χ4v) is 3.37. The number of hydrogen-bond donors (Lipinski definition) is 0. The average Bonchev–Trinajstić information content (AvgIpc) is 3.19.